The number of Topliss-reactive ketones (excluding diaryl/α,β-unsaturated/α-hetero) is 2. The molecule has 1 aliphatic heterocycles. The second-order valence-electron chi connectivity index (χ2n) is 12.5. The molecule has 0 N–H and O–H groups in total. The summed E-state index contributed by atoms with van der Waals surface area (Å²) < 4.78 is 17.6. The van der Waals surface area contributed by atoms with E-state index in [1.807, 2.05) is 69.4 Å². The van der Waals surface area contributed by atoms with Crippen molar-refractivity contribution < 1.29 is 28.6 Å². The summed E-state index contributed by atoms with van der Waals surface area (Å²) in [6.45, 7) is 6.16. The average molecular weight is 622 g/mol. The Morgan fingerprint density at radius 1 is 0.870 bits per heavy atom. The van der Waals surface area contributed by atoms with Crippen LogP contribution < -0.4 is 14.2 Å². The van der Waals surface area contributed by atoms with Gasteiger partial charge in [-0.3, -0.25) is 14.6 Å². The number of fused-ring (bicyclic) bond motifs is 1. The molecule has 1 saturated carbocycles. The molecule has 238 valence electrons. The lowest BCUT2D eigenvalue weighted by Gasteiger charge is -2.37. The molecular weight excluding hydrogens is 582 g/mol. The summed E-state index contributed by atoms with van der Waals surface area (Å²) in [5.41, 5.74) is 2.63. The van der Waals surface area contributed by atoms with Crippen molar-refractivity contribution in [2.24, 2.45) is 5.41 Å². The molecular formula is C37H39N3O6. The fourth-order valence-corrected chi connectivity index (χ4v) is 6.08. The second-order valence-corrected chi connectivity index (χ2v) is 12.5. The molecule has 2 fully saturated rings. The van der Waals surface area contributed by atoms with Gasteiger partial charge in [0.1, 0.15) is 11.5 Å². The lowest BCUT2D eigenvalue weighted by Crippen LogP contribution is -2.53. The Balaban J connectivity index is 1.12. The zero-order valence-corrected chi connectivity index (χ0v) is 26.7. The third-order valence-corrected chi connectivity index (χ3v) is 9.07. The smallest absolute Gasteiger partial charge is 0.415 e. The van der Waals surface area contributed by atoms with Crippen LogP contribution in [0.1, 0.15) is 36.5 Å². The van der Waals surface area contributed by atoms with Gasteiger partial charge in [0, 0.05) is 56.2 Å². The van der Waals surface area contributed by atoms with Gasteiger partial charge >= 0.3 is 6.09 Å². The van der Waals surface area contributed by atoms with E-state index in [0.29, 0.717) is 47.5 Å². The lowest BCUT2D eigenvalue weighted by molar-refractivity contribution is -0.133. The number of ether oxygens (including phenoxy) is 3. The molecule has 2 heterocycles. The third-order valence-electron chi connectivity index (χ3n) is 9.07. The number of aromatic nitrogens is 1. The van der Waals surface area contributed by atoms with E-state index in [-0.39, 0.29) is 36.2 Å². The van der Waals surface area contributed by atoms with E-state index >= 15 is 0 Å². The quantitative estimate of drug-likeness (QED) is 0.194. The highest BCUT2D eigenvalue weighted by atomic mass is 16.6. The Morgan fingerprint density at radius 3 is 2.13 bits per heavy atom. The van der Waals surface area contributed by atoms with Gasteiger partial charge in [-0.1, -0.05) is 42.0 Å². The summed E-state index contributed by atoms with van der Waals surface area (Å²) in [5.74, 6) is 1.79. The largest absolute Gasteiger partial charge is 0.493 e. The predicted molar refractivity (Wildman–Crippen MR) is 175 cm³/mol. The van der Waals surface area contributed by atoms with E-state index in [1.165, 1.54) is 7.11 Å². The van der Waals surface area contributed by atoms with Gasteiger partial charge in [0.05, 0.1) is 18.0 Å². The highest BCUT2D eigenvalue weighted by Gasteiger charge is 2.54. The monoisotopic (exact) mass is 621 g/mol. The van der Waals surface area contributed by atoms with Crippen LogP contribution in [0.4, 0.5) is 4.79 Å². The number of piperazine rings is 1. The molecule has 1 atom stereocenters. The van der Waals surface area contributed by atoms with Crippen molar-refractivity contribution in [3.05, 3.63) is 89.6 Å². The van der Waals surface area contributed by atoms with Gasteiger partial charge in [0.15, 0.2) is 23.1 Å². The van der Waals surface area contributed by atoms with E-state index < -0.39 is 11.5 Å². The van der Waals surface area contributed by atoms with Crippen LogP contribution in [0.5, 0.6) is 23.0 Å². The number of methoxy groups -OCH3 is 1. The van der Waals surface area contributed by atoms with Crippen LogP contribution in [0, 0.1) is 12.3 Å². The van der Waals surface area contributed by atoms with Crippen LogP contribution in [0.15, 0.2) is 72.9 Å². The molecule has 9 nitrogen and oxygen atoms in total. The number of ketones is 2. The van der Waals surface area contributed by atoms with Gasteiger partial charge in [-0.2, -0.15) is 0 Å². The van der Waals surface area contributed by atoms with E-state index in [4.69, 9.17) is 14.2 Å². The molecule has 0 unspecified atom stereocenters. The van der Waals surface area contributed by atoms with Crippen LogP contribution in [-0.4, -0.2) is 72.3 Å². The van der Waals surface area contributed by atoms with Crippen LogP contribution in [0.2, 0.25) is 0 Å². The number of likely N-dealkylation sites (N-methyl/N-ethyl adjacent to an activating group) is 1. The van der Waals surface area contributed by atoms with Crippen molar-refractivity contribution in [3.8, 4) is 23.0 Å². The van der Waals surface area contributed by atoms with E-state index in [0.717, 1.165) is 29.8 Å². The summed E-state index contributed by atoms with van der Waals surface area (Å²) in [7, 11) is 3.56. The summed E-state index contributed by atoms with van der Waals surface area (Å²) in [6.07, 6.45) is 2.92. The van der Waals surface area contributed by atoms with Gasteiger partial charge in [0.2, 0.25) is 0 Å². The molecule has 2 aliphatic rings. The first kappa shape index (κ1) is 31.2. The number of carbonyl (C=O) groups is 3. The lowest BCUT2D eigenvalue weighted by atomic mass is 9.88. The van der Waals surface area contributed by atoms with Gasteiger partial charge in [-0.05, 0) is 69.1 Å². The zero-order chi connectivity index (χ0) is 32.4. The van der Waals surface area contributed by atoms with Crippen molar-refractivity contribution in [1.82, 2.24) is 14.8 Å². The van der Waals surface area contributed by atoms with E-state index in [1.54, 1.807) is 29.3 Å². The highest BCUT2D eigenvalue weighted by molar-refractivity contribution is 6.11. The Labute approximate surface area is 269 Å². The molecule has 0 bridgehead atoms. The average Bonchev–Trinajstić information content (AvgIpc) is 3.85. The topological polar surface area (TPSA) is 98.3 Å². The maximum atomic E-state index is 13.3. The number of amides is 1. The normalized spacial score (nSPS) is 17.4. The first-order chi connectivity index (χ1) is 22.1. The maximum absolute atomic E-state index is 13.3. The summed E-state index contributed by atoms with van der Waals surface area (Å²) in [5, 5.41) is 0.689. The van der Waals surface area contributed by atoms with Gasteiger partial charge < -0.3 is 24.0 Å². The number of pyridine rings is 1. The summed E-state index contributed by atoms with van der Waals surface area (Å²) in [4.78, 5) is 47.8. The van der Waals surface area contributed by atoms with E-state index in [2.05, 4.69) is 9.88 Å². The summed E-state index contributed by atoms with van der Waals surface area (Å²) >= 11 is 0. The number of aryl methyl sites for hydroxylation is 1. The summed E-state index contributed by atoms with van der Waals surface area (Å²) in [6, 6.07) is 20.5. The first-order valence-corrected chi connectivity index (χ1v) is 15.7. The number of hydrogen-bond donors (Lipinski definition) is 0. The number of hydrogen-bond acceptors (Lipinski definition) is 8. The van der Waals surface area contributed by atoms with Crippen molar-refractivity contribution in [2.45, 2.75) is 45.6 Å². The van der Waals surface area contributed by atoms with Crippen molar-refractivity contribution in [2.75, 3.05) is 33.8 Å². The molecule has 0 spiro atoms. The molecule has 1 aliphatic carbocycles. The minimum atomic E-state index is -0.856. The molecule has 6 rings (SSSR count). The fraction of sp³-hybridized carbons (Fsp3) is 0.351. The third kappa shape index (κ3) is 6.60. The zero-order valence-electron chi connectivity index (χ0n) is 26.7. The van der Waals surface area contributed by atoms with Crippen molar-refractivity contribution in [1.29, 1.82) is 0 Å². The van der Waals surface area contributed by atoms with Crippen LogP contribution in [0.25, 0.3) is 10.9 Å². The van der Waals surface area contributed by atoms with Crippen LogP contribution >= 0.6 is 0 Å². The Kier molecular flexibility index (Phi) is 8.77. The molecule has 0 radical (unpaired) electrons. The minimum absolute atomic E-state index is 0.00751. The number of rotatable bonds is 10. The van der Waals surface area contributed by atoms with Gasteiger partial charge in [-0.15, -0.1) is 0 Å². The number of carbonyl (C=O) groups excluding carboxylic acids is 3. The maximum Gasteiger partial charge on any atom is 0.415 e. The molecule has 9 heteroatoms. The minimum Gasteiger partial charge on any atom is -0.493 e. The molecule has 3 aromatic carbocycles. The highest BCUT2D eigenvalue weighted by Crippen LogP contribution is 2.49. The molecule has 1 saturated heterocycles. The SMILES string of the molecule is COc1cc2c(Oc3ccc(CC(=O)C4(C(=O)Cc5ccc(C)cc5)CC4)cc3)ccnc2cc1OC(=O)N1CCN(C)C[C@H]1C. The van der Waals surface area contributed by atoms with Crippen LogP contribution in [-0.2, 0) is 22.4 Å². The van der Waals surface area contributed by atoms with Crippen LogP contribution in [0.3, 0.4) is 0 Å². The van der Waals surface area contributed by atoms with Gasteiger partial charge in [0.25, 0.3) is 0 Å². The Hall–Kier alpha value is -4.76. The number of benzene rings is 3. The Morgan fingerprint density at radius 2 is 1.52 bits per heavy atom. The molecule has 4 aromatic rings. The van der Waals surface area contributed by atoms with E-state index in [9.17, 15) is 14.4 Å². The second kappa shape index (κ2) is 12.9. The molecule has 46 heavy (non-hydrogen) atoms. The molecule has 1 aromatic heterocycles. The first-order valence-electron chi connectivity index (χ1n) is 15.7. The van der Waals surface area contributed by atoms with Crippen molar-refractivity contribution >= 4 is 28.6 Å². The van der Waals surface area contributed by atoms with Gasteiger partial charge in [-0.25, -0.2) is 4.79 Å². The molecule has 1 amide bonds. The van der Waals surface area contributed by atoms with Crippen molar-refractivity contribution in [3.63, 3.8) is 0 Å². The predicted octanol–water partition coefficient (Wildman–Crippen LogP) is 6.18. The Bertz CT molecular complexity index is 1760. The fourth-order valence-electron chi connectivity index (χ4n) is 6.08. The number of nitrogens with zero attached hydrogens (tertiary/aromatic N) is 3. The standard InChI is InChI=1S/C37H39N3O6/c1-24-5-7-26(8-6-24)19-34(41)37(14-15-37)35(42)20-27-9-11-28(12-10-27)45-31-13-16-38-30-22-33(32(44-4)21-29(30)31)46-36(43)40-18-17-39(3)23-25(40)2/h5-13,16,21-22,25H,14-15,17-20,23H2,1-4H3/t25-/m1/s1.